The zero-order valence-corrected chi connectivity index (χ0v) is 17.7. The Labute approximate surface area is 172 Å². The number of hydrogen-bond donors (Lipinski definition) is 2. The molecule has 0 aromatic heterocycles. The Morgan fingerprint density at radius 1 is 1.36 bits per heavy atom. The molecule has 0 aliphatic carbocycles. The Balaban J connectivity index is 1.90. The van der Waals surface area contributed by atoms with Gasteiger partial charge in [0.15, 0.2) is 6.19 Å². The van der Waals surface area contributed by atoms with E-state index in [0.717, 1.165) is 28.5 Å². The Morgan fingerprint density at radius 3 is 2.64 bits per heavy atom. The monoisotopic (exact) mass is 402 g/mol. The third-order valence-electron chi connectivity index (χ3n) is 4.81. The van der Waals surface area contributed by atoms with Crippen LogP contribution in [0.1, 0.15) is 49.9 Å². The largest absolute Gasteiger partial charge is 0.340 e. The van der Waals surface area contributed by atoms with Gasteiger partial charge in [0.05, 0.1) is 0 Å². The smallest absolute Gasteiger partial charge is 0.257 e. The number of likely N-dealkylation sites (N-methyl/N-ethyl adjacent to an activating group) is 1. The van der Waals surface area contributed by atoms with Gasteiger partial charge in [0.2, 0.25) is 0 Å². The van der Waals surface area contributed by atoms with Crippen LogP contribution in [0.15, 0.2) is 29.2 Å². The fourth-order valence-corrected chi connectivity index (χ4v) is 4.21. The van der Waals surface area contributed by atoms with Crippen LogP contribution in [0.2, 0.25) is 0 Å². The molecule has 2 N–H and O–H groups in total. The van der Waals surface area contributed by atoms with Crippen molar-refractivity contribution in [1.82, 2.24) is 15.5 Å². The van der Waals surface area contributed by atoms with Crippen molar-refractivity contribution in [2.75, 3.05) is 19.3 Å². The van der Waals surface area contributed by atoms with Crippen LogP contribution >= 0.6 is 11.8 Å². The summed E-state index contributed by atoms with van der Waals surface area (Å²) in [4.78, 5) is 27.0. The molecule has 152 valence electrons. The summed E-state index contributed by atoms with van der Waals surface area (Å²) in [6.45, 7) is 5.08. The first-order valence-electron chi connectivity index (χ1n) is 9.85. The van der Waals surface area contributed by atoms with Gasteiger partial charge in [-0.1, -0.05) is 13.8 Å². The highest BCUT2D eigenvalue weighted by molar-refractivity contribution is 7.99. The van der Waals surface area contributed by atoms with E-state index in [2.05, 4.69) is 10.6 Å². The van der Waals surface area contributed by atoms with Crippen LogP contribution in [0.4, 0.5) is 0 Å². The maximum absolute atomic E-state index is 12.6. The number of carbonyl (C=O) groups excluding carboxylic acids is 2. The second kappa shape index (κ2) is 11.1. The third-order valence-corrected chi connectivity index (χ3v) is 5.85. The Bertz CT molecular complexity index is 693. The van der Waals surface area contributed by atoms with Crippen LogP contribution in [0.25, 0.3) is 0 Å². The normalized spacial score (nSPS) is 17.2. The first-order valence-corrected chi connectivity index (χ1v) is 10.8. The maximum Gasteiger partial charge on any atom is 0.257 e. The minimum atomic E-state index is -0.704. The van der Waals surface area contributed by atoms with Crippen molar-refractivity contribution >= 4 is 23.6 Å². The number of amides is 2. The van der Waals surface area contributed by atoms with Crippen molar-refractivity contribution in [3.63, 3.8) is 0 Å². The highest BCUT2D eigenvalue weighted by Gasteiger charge is 2.25. The quantitative estimate of drug-likeness (QED) is 0.377. The average molecular weight is 403 g/mol. The summed E-state index contributed by atoms with van der Waals surface area (Å²) in [5.41, 5.74) is 0.517. The molecule has 1 heterocycles. The number of nitrogens with one attached hydrogen (secondary N) is 2. The lowest BCUT2D eigenvalue weighted by molar-refractivity contribution is -0.129. The summed E-state index contributed by atoms with van der Waals surface area (Å²) in [7, 11) is 1.41. The van der Waals surface area contributed by atoms with E-state index in [4.69, 9.17) is 5.26 Å². The molecule has 0 saturated carbocycles. The molecule has 2 atom stereocenters. The zero-order valence-electron chi connectivity index (χ0n) is 16.9. The van der Waals surface area contributed by atoms with Gasteiger partial charge in [-0.25, -0.2) is 0 Å². The molecule has 7 heteroatoms. The van der Waals surface area contributed by atoms with E-state index < -0.39 is 11.9 Å². The molecule has 1 aromatic rings. The first kappa shape index (κ1) is 22.3. The van der Waals surface area contributed by atoms with E-state index in [1.807, 2.05) is 26.0 Å². The standard InChI is InChI=1S/C21H30N4O2S/c1-15(2)13-19(21(27)25(3)14-22)24-20(26)16-6-8-18(9-7-16)28-12-10-17-5-4-11-23-17/h6-9,15,17,19,23H,4-5,10-13H2,1-3H3,(H,24,26). The van der Waals surface area contributed by atoms with Crippen molar-refractivity contribution in [2.45, 2.75) is 56.5 Å². The molecule has 0 bridgehead atoms. The summed E-state index contributed by atoms with van der Waals surface area (Å²) >= 11 is 1.79. The van der Waals surface area contributed by atoms with Gasteiger partial charge in [-0.2, -0.15) is 5.26 Å². The predicted octanol–water partition coefficient (Wildman–Crippen LogP) is 3.00. The number of nitrogens with zero attached hydrogens (tertiary/aromatic N) is 2. The van der Waals surface area contributed by atoms with Crippen molar-refractivity contribution < 1.29 is 9.59 Å². The molecular formula is C21H30N4O2S. The lowest BCUT2D eigenvalue weighted by Crippen LogP contribution is -2.46. The van der Waals surface area contributed by atoms with E-state index in [1.54, 1.807) is 30.1 Å². The molecule has 2 unspecified atom stereocenters. The lowest BCUT2D eigenvalue weighted by Gasteiger charge is -2.21. The van der Waals surface area contributed by atoms with Gasteiger partial charge in [0.25, 0.3) is 11.8 Å². The molecule has 28 heavy (non-hydrogen) atoms. The molecular weight excluding hydrogens is 372 g/mol. The Morgan fingerprint density at radius 2 is 2.07 bits per heavy atom. The fourth-order valence-electron chi connectivity index (χ4n) is 3.24. The summed E-state index contributed by atoms with van der Waals surface area (Å²) in [6.07, 6.45) is 5.97. The molecule has 2 amide bonds. The van der Waals surface area contributed by atoms with Crippen molar-refractivity contribution in [3.8, 4) is 6.19 Å². The van der Waals surface area contributed by atoms with Crippen LogP contribution in [0.3, 0.4) is 0 Å². The SMILES string of the molecule is CC(C)CC(NC(=O)c1ccc(SCCC2CCCN2)cc1)C(=O)N(C)C#N. The number of nitriles is 1. The molecule has 0 spiro atoms. The first-order chi connectivity index (χ1) is 13.4. The highest BCUT2D eigenvalue weighted by Crippen LogP contribution is 2.21. The maximum atomic E-state index is 12.6. The van der Waals surface area contributed by atoms with E-state index >= 15 is 0 Å². The third kappa shape index (κ3) is 6.84. The predicted molar refractivity (Wildman–Crippen MR) is 112 cm³/mol. The number of thioether (sulfide) groups is 1. The van der Waals surface area contributed by atoms with Crippen LogP contribution in [0, 0.1) is 17.4 Å². The van der Waals surface area contributed by atoms with Gasteiger partial charge in [0, 0.05) is 23.5 Å². The fraction of sp³-hybridized carbons (Fsp3) is 0.571. The van der Waals surface area contributed by atoms with Crippen LogP contribution in [-0.2, 0) is 4.79 Å². The van der Waals surface area contributed by atoms with Crippen molar-refractivity contribution in [2.24, 2.45) is 5.92 Å². The molecule has 1 aliphatic heterocycles. The molecule has 1 aromatic carbocycles. The van der Waals surface area contributed by atoms with Crippen LogP contribution < -0.4 is 10.6 Å². The van der Waals surface area contributed by atoms with E-state index in [1.165, 1.54) is 19.9 Å². The second-order valence-corrected chi connectivity index (χ2v) is 8.78. The molecule has 6 nitrogen and oxygen atoms in total. The van der Waals surface area contributed by atoms with E-state index in [0.29, 0.717) is 18.0 Å². The molecule has 1 saturated heterocycles. The molecule has 2 rings (SSSR count). The number of carbonyl (C=O) groups is 2. The Hall–Kier alpha value is -2.04. The summed E-state index contributed by atoms with van der Waals surface area (Å²) in [5.74, 6) is 0.582. The minimum absolute atomic E-state index is 0.217. The topological polar surface area (TPSA) is 85.2 Å². The zero-order chi connectivity index (χ0) is 20.5. The summed E-state index contributed by atoms with van der Waals surface area (Å²) in [6, 6.07) is 7.40. The average Bonchev–Trinajstić information content (AvgIpc) is 3.19. The lowest BCUT2D eigenvalue weighted by atomic mass is 10.0. The number of rotatable bonds is 9. The van der Waals surface area contributed by atoms with Crippen molar-refractivity contribution in [1.29, 1.82) is 5.26 Å². The second-order valence-electron chi connectivity index (χ2n) is 7.61. The van der Waals surface area contributed by atoms with Gasteiger partial charge in [0.1, 0.15) is 6.04 Å². The molecule has 1 aliphatic rings. The van der Waals surface area contributed by atoms with Crippen LogP contribution in [-0.4, -0.2) is 48.1 Å². The van der Waals surface area contributed by atoms with Gasteiger partial charge in [-0.15, -0.1) is 11.8 Å². The molecule has 1 fully saturated rings. The molecule has 0 radical (unpaired) electrons. The van der Waals surface area contributed by atoms with Gasteiger partial charge >= 0.3 is 0 Å². The van der Waals surface area contributed by atoms with Crippen molar-refractivity contribution in [3.05, 3.63) is 29.8 Å². The van der Waals surface area contributed by atoms with Gasteiger partial charge in [-0.05, 0) is 68.2 Å². The van der Waals surface area contributed by atoms with E-state index in [-0.39, 0.29) is 11.8 Å². The summed E-state index contributed by atoms with van der Waals surface area (Å²) in [5, 5.41) is 15.2. The van der Waals surface area contributed by atoms with E-state index in [9.17, 15) is 9.59 Å². The van der Waals surface area contributed by atoms with Gasteiger partial charge < -0.3 is 10.6 Å². The minimum Gasteiger partial charge on any atom is -0.340 e. The van der Waals surface area contributed by atoms with Crippen LogP contribution in [0.5, 0.6) is 0 Å². The van der Waals surface area contributed by atoms with Gasteiger partial charge in [-0.3, -0.25) is 14.5 Å². The number of hydrogen-bond acceptors (Lipinski definition) is 5. The Kier molecular flexibility index (Phi) is 8.81. The highest BCUT2D eigenvalue weighted by atomic mass is 32.2. The number of benzene rings is 1. The summed E-state index contributed by atoms with van der Waals surface area (Å²) < 4.78 is 0.